The van der Waals surface area contributed by atoms with Crippen LogP contribution in [0.1, 0.15) is 33.6 Å². The molecule has 1 atom stereocenters. The molecule has 0 radical (unpaired) electrons. The lowest BCUT2D eigenvalue weighted by Crippen LogP contribution is -2.48. The number of rotatable bonds is 1. The van der Waals surface area contributed by atoms with Crippen molar-refractivity contribution in [1.29, 1.82) is 0 Å². The number of hydrogen-bond donors (Lipinski definition) is 1. The molecule has 110 valence electrons. The molecule has 19 heavy (non-hydrogen) atoms. The number of nitrogens with zero attached hydrogens (tertiary/aromatic N) is 1. The van der Waals surface area contributed by atoms with Gasteiger partial charge in [0.2, 0.25) is 0 Å². The van der Waals surface area contributed by atoms with E-state index in [9.17, 15) is 4.79 Å². The molecule has 0 spiro atoms. The van der Waals surface area contributed by atoms with Gasteiger partial charge in [-0.1, -0.05) is 0 Å². The highest BCUT2D eigenvalue weighted by Crippen LogP contribution is 2.24. The number of carbonyl (C=O) groups excluding carboxylic acids is 1. The van der Waals surface area contributed by atoms with Gasteiger partial charge in [-0.15, -0.1) is 0 Å². The van der Waals surface area contributed by atoms with Crippen LogP contribution in [0.4, 0.5) is 4.79 Å². The highest BCUT2D eigenvalue weighted by Gasteiger charge is 2.31. The van der Waals surface area contributed by atoms with Gasteiger partial charge in [0.25, 0.3) is 0 Å². The maximum Gasteiger partial charge on any atom is 0.410 e. The van der Waals surface area contributed by atoms with Crippen molar-refractivity contribution >= 4 is 6.09 Å². The number of hydrogen-bond acceptors (Lipinski definition) is 4. The van der Waals surface area contributed by atoms with E-state index in [2.05, 4.69) is 5.32 Å². The van der Waals surface area contributed by atoms with Crippen molar-refractivity contribution in [1.82, 2.24) is 10.2 Å². The Kier molecular flexibility index (Phi) is 4.68. The van der Waals surface area contributed by atoms with E-state index in [1.807, 2.05) is 25.7 Å². The third-order valence-corrected chi connectivity index (χ3v) is 3.67. The molecular weight excluding hydrogens is 244 g/mol. The van der Waals surface area contributed by atoms with Crippen molar-refractivity contribution in [3.05, 3.63) is 0 Å². The van der Waals surface area contributed by atoms with E-state index in [1.165, 1.54) is 0 Å². The fraction of sp³-hybridized carbons (Fsp3) is 0.929. The number of piperidine rings is 1. The fourth-order valence-electron chi connectivity index (χ4n) is 2.67. The Labute approximate surface area is 115 Å². The van der Waals surface area contributed by atoms with Crippen LogP contribution in [0, 0.1) is 5.92 Å². The second-order valence-electron chi connectivity index (χ2n) is 6.42. The van der Waals surface area contributed by atoms with Gasteiger partial charge in [-0.3, -0.25) is 0 Å². The third-order valence-electron chi connectivity index (χ3n) is 3.67. The Morgan fingerprint density at radius 1 is 1.32 bits per heavy atom. The van der Waals surface area contributed by atoms with Crippen LogP contribution in [0.5, 0.6) is 0 Å². The molecule has 5 heteroatoms. The van der Waals surface area contributed by atoms with Crippen molar-refractivity contribution in [2.75, 3.05) is 32.8 Å². The van der Waals surface area contributed by atoms with Crippen LogP contribution in [-0.2, 0) is 9.47 Å². The Hall–Kier alpha value is -0.810. The van der Waals surface area contributed by atoms with Crippen molar-refractivity contribution in [2.45, 2.75) is 45.3 Å². The van der Waals surface area contributed by atoms with Gasteiger partial charge in [0, 0.05) is 26.2 Å². The molecule has 0 aromatic rings. The van der Waals surface area contributed by atoms with E-state index < -0.39 is 5.60 Å². The summed E-state index contributed by atoms with van der Waals surface area (Å²) < 4.78 is 11.2. The lowest BCUT2D eigenvalue weighted by atomic mass is 9.91. The first kappa shape index (κ1) is 14.6. The molecule has 2 aliphatic heterocycles. The predicted molar refractivity (Wildman–Crippen MR) is 73.1 cm³/mol. The second-order valence-corrected chi connectivity index (χ2v) is 6.42. The molecule has 1 amide bonds. The van der Waals surface area contributed by atoms with Crippen molar-refractivity contribution in [3.63, 3.8) is 0 Å². The molecular formula is C14H26N2O3. The molecule has 2 aliphatic rings. The van der Waals surface area contributed by atoms with E-state index in [4.69, 9.17) is 9.47 Å². The third kappa shape index (κ3) is 4.35. The largest absolute Gasteiger partial charge is 0.444 e. The number of nitrogens with one attached hydrogen (secondary N) is 1. The summed E-state index contributed by atoms with van der Waals surface area (Å²) in [7, 11) is 0. The van der Waals surface area contributed by atoms with E-state index in [0.29, 0.717) is 12.0 Å². The minimum Gasteiger partial charge on any atom is -0.444 e. The number of morpholine rings is 1. The maximum atomic E-state index is 12.0. The highest BCUT2D eigenvalue weighted by molar-refractivity contribution is 5.68. The molecule has 0 aliphatic carbocycles. The quantitative estimate of drug-likeness (QED) is 0.786. The van der Waals surface area contributed by atoms with Crippen LogP contribution in [0.2, 0.25) is 0 Å². The summed E-state index contributed by atoms with van der Waals surface area (Å²) in [5, 5.41) is 3.37. The average Bonchev–Trinajstić information content (AvgIpc) is 2.38. The van der Waals surface area contributed by atoms with Gasteiger partial charge in [-0.25, -0.2) is 4.79 Å². The first-order chi connectivity index (χ1) is 8.96. The molecule has 2 rings (SSSR count). The van der Waals surface area contributed by atoms with Crippen LogP contribution >= 0.6 is 0 Å². The molecule has 0 bridgehead atoms. The molecule has 2 fully saturated rings. The second kappa shape index (κ2) is 6.09. The summed E-state index contributed by atoms with van der Waals surface area (Å²) in [6.07, 6.45) is 2.14. The van der Waals surface area contributed by atoms with Gasteiger partial charge >= 0.3 is 6.09 Å². The van der Waals surface area contributed by atoms with Gasteiger partial charge in [-0.05, 0) is 39.5 Å². The Morgan fingerprint density at radius 3 is 2.53 bits per heavy atom. The SMILES string of the molecule is CC(C)(C)OC(=O)N1CCC([C@@H]2CNCCO2)CC1. The zero-order valence-electron chi connectivity index (χ0n) is 12.3. The minimum atomic E-state index is -0.412. The zero-order chi connectivity index (χ0) is 13.9. The van der Waals surface area contributed by atoms with Crippen LogP contribution in [0.15, 0.2) is 0 Å². The Bertz CT molecular complexity index is 300. The van der Waals surface area contributed by atoms with Crippen molar-refractivity contribution in [3.8, 4) is 0 Å². The molecule has 0 saturated carbocycles. The van der Waals surface area contributed by atoms with Crippen LogP contribution in [-0.4, -0.2) is 55.5 Å². The van der Waals surface area contributed by atoms with E-state index in [0.717, 1.165) is 45.6 Å². The summed E-state index contributed by atoms with van der Waals surface area (Å²) >= 11 is 0. The molecule has 2 saturated heterocycles. The molecule has 2 heterocycles. The van der Waals surface area contributed by atoms with E-state index in [1.54, 1.807) is 0 Å². The van der Waals surface area contributed by atoms with Crippen LogP contribution in [0.3, 0.4) is 0 Å². The monoisotopic (exact) mass is 270 g/mol. The number of carbonyl (C=O) groups is 1. The molecule has 0 aromatic carbocycles. The van der Waals surface area contributed by atoms with Gasteiger partial charge in [0.15, 0.2) is 0 Å². The summed E-state index contributed by atoms with van der Waals surface area (Å²) in [5.74, 6) is 0.562. The summed E-state index contributed by atoms with van der Waals surface area (Å²) in [4.78, 5) is 13.8. The van der Waals surface area contributed by atoms with Crippen molar-refractivity contribution < 1.29 is 14.3 Å². The lowest BCUT2D eigenvalue weighted by Gasteiger charge is -2.38. The number of amides is 1. The summed E-state index contributed by atoms with van der Waals surface area (Å²) in [6.45, 7) is 9.96. The molecule has 1 N–H and O–H groups in total. The summed E-state index contributed by atoms with van der Waals surface area (Å²) in [5.41, 5.74) is -0.412. The zero-order valence-corrected chi connectivity index (χ0v) is 12.3. The summed E-state index contributed by atoms with van der Waals surface area (Å²) in [6, 6.07) is 0. The van der Waals surface area contributed by atoms with Crippen LogP contribution in [0.25, 0.3) is 0 Å². The van der Waals surface area contributed by atoms with E-state index >= 15 is 0 Å². The molecule has 0 aromatic heterocycles. The van der Waals surface area contributed by atoms with E-state index in [-0.39, 0.29) is 6.09 Å². The predicted octanol–water partition coefficient (Wildman–Crippen LogP) is 1.62. The highest BCUT2D eigenvalue weighted by atomic mass is 16.6. The lowest BCUT2D eigenvalue weighted by molar-refractivity contribution is -0.0318. The Balaban J connectivity index is 1.77. The number of ether oxygens (including phenoxy) is 2. The maximum absolute atomic E-state index is 12.0. The van der Waals surface area contributed by atoms with Gasteiger partial charge in [0.1, 0.15) is 5.60 Å². The first-order valence-corrected chi connectivity index (χ1v) is 7.26. The van der Waals surface area contributed by atoms with Gasteiger partial charge in [0.05, 0.1) is 12.7 Å². The fourth-order valence-corrected chi connectivity index (χ4v) is 2.67. The molecule has 0 unspecified atom stereocenters. The van der Waals surface area contributed by atoms with Crippen LogP contribution < -0.4 is 5.32 Å². The molecule has 5 nitrogen and oxygen atoms in total. The number of likely N-dealkylation sites (tertiary alicyclic amines) is 1. The normalized spacial score (nSPS) is 26.3. The van der Waals surface area contributed by atoms with Crippen molar-refractivity contribution in [2.24, 2.45) is 5.92 Å². The first-order valence-electron chi connectivity index (χ1n) is 7.26. The smallest absolute Gasteiger partial charge is 0.410 e. The average molecular weight is 270 g/mol. The Morgan fingerprint density at radius 2 is 2.00 bits per heavy atom. The topological polar surface area (TPSA) is 50.8 Å². The van der Waals surface area contributed by atoms with Gasteiger partial charge < -0.3 is 19.7 Å². The standard InChI is InChI=1S/C14H26N2O3/c1-14(2,3)19-13(17)16-7-4-11(5-8-16)12-10-15-6-9-18-12/h11-12,15H,4-10H2,1-3H3/t12-/m0/s1. The van der Waals surface area contributed by atoms with Gasteiger partial charge in [-0.2, -0.15) is 0 Å². The minimum absolute atomic E-state index is 0.186.